The van der Waals surface area contributed by atoms with Crippen molar-refractivity contribution >= 4 is 16.1 Å². The molecule has 0 amide bonds. The smallest absolute Gasteiger partial charge is 0.236 e. The number of nitrogens with zero attached hydrogens (tertiary/aromatic N) is 2. The molecule has 0 bridgehead atoms. The molecule has 1 atom stereocenters. The molecule has 5 nitrogen and oxygen atoms in total. The molecule has 0 radical (unpaired) electrons. The van der Waals surface area contributed by atoms with E-state index in [-0.39, 0.29) is 5.92 Å². The topological polar surface area (TPSA) is 66.1 Å². The van der Waals surface area contributed by atoms with Crippen molar-refractivity contribution in [2.24, 2.45) is 0 Å². The highest BCUT2D eigenvalue weighted by molar-refractivity contribution is 7.92. The summed E-state index contributed by atoms with van der Waals surface area (Å²) in [5.74, 6) is 0.191. The molecule has 1 unspecified atom stereocenters. The van der Waals surface area contributed by atoms with Crippen LogP contribution in [-0.2, 0) is 10.0 Å². The molecule has 6 heteroatoms. The van der Waals surface area contributed by atoms with Crippen LogP contribution in [0.5, 0.6) is 0 Å². The lowest BCUT2D eigenvalue weighted by molar-refractivity contribution is 0.315. The maximum atomic E-state index is 12.5. The van der Waals surface area contributed by atoms with E-state index in [0.29, 0.717) is 13.1 Å². The Bertz CT molecular complexity index is 724. The van der Waals surface area contributed by atoms with E-state index in [1.165, 1.54) is 5.41 Å². The second kappa shape index (κ2) is 6.46. The van der Waals surface area contributed by atoms with Gasteiger partial charge >= 0.3 is 0 Å². The Morgan fingerprint density at radius 1 is 1.23 bits per heavy atom. The summed E-state index contributed by atoms with van der Waals surface area (Å²) in [6.45, 7) is 1.08. The predicted octanol–water partition coefficient (Wildman–Crippen LogP) is 2.59. The van der Waals surface area contributed by atoms with E-state index in [0.717, 1.165) is 24.1 Å². The molecule has 2 aromatic rings. The highest BCUT2D eigenvalue weighted by Crippen LogP contribution is 2.27. The number of benzene rings is 1. The van der Waals surface area contributed by atoms with Crippen molar-refractivity contribution in [3.8, 4) is 0 Å². The van der Waals surface area contributed by atoms with Crippen LogP contribution in [0.3, 0.4) is 0 Å². The molecule has 1 aliphatic rings. The van der Waals surface area contributed by atoms with Crippen LogP contribution in [0.4, 0.5) is 0 Å². The SMILES string of the molecule is O=S(=O)(C=Cc1ccccc1)N1CCCC(c2ccn[nH]2)C1. The van der Waals surface area contributed by atoms with Gasteiger partial charge in [-0.05, 0) is 30.5 Å². The van der Waals surface area contributed by atoms with E-state index in [1.807, 2.05) is 36.4 Å². The van der Waals surface area contributed by atoms with E-state index in [4.69, 9.17) is 0 Å². The van der Waals surface area contributed by atoms with Gasteiger partial charge in [-0.1, -0.05) is 30.3 Å². The fourth-order valence-corrected chi connectivity index (χ4v) is 4.01. The summed E-state index contributed by atoms with van der Waals surface area (Å²) in [5, 5.41) is 8.20. The maximum Gasteiger partial charge on any atom is 0.236 e. The van der Waals surface area contributed by atoms with Crippen molar-refractivity contribution in [2.45, 2.75) is 18.8 Å². The number of sulfonamides is 1. The number of H-pyrrole nitrogens is 1. The fourth-order valence-electron chi connectivity index (χ4n) is 2.74. The number of aromatic nitrogens is 2. The molecule has 1 aliphatic heterocycles. The minimum Gasteiger partial charge on any atom is -0.282 e. The zero-order valence-electron chi connectivity index (χ0n) is 12.2. The van der Waals surface area contributed by atoms with Gasteiger partial charge in [-0.15, -0.1) is 0 Å². The van der Waals surface area contributed by atoms with Gasteiger partial charge in [0.25, 0.3) is 0 Å². The number of rotatable bonds is 4. The summed E-state index contributed by atoms with van der Waals surface area (Å²) < 4.78 is 26.5. The average Bonchev–Trinajstić information content (AvgIpc) is 3.09. The summed E-state index contributed by atoms with van der Waals surface area (Å²) in [4.78, 5) is 0. The van der Waals surface area contributed by atoms with E-state index in [1.54, 1.807) is 16.6 Å². The summed E-state index contributed by atoms with van der Waals surface area (Å²) in [5.41, 5.74) is 1.89. The lowest BCUT2D eigenvalue weighted by atomic mass is 9.96. The Labute approximate surface area is 130 Å². The first-order valence-electron chi connectivity index (χ1n) is 7.38. The van der Waals surface area contributed by atoms with E-state index < -0.39 is 10.0 Å². The van der Waals surface area contributed by atoms with Crippen LogP contribution in [0.25, 0.3) is 6.08 Å². The van der Waals surface area contributed by atoms with Gasteiger partial charge in [0.15, 0.2) is 0 Å². The lowest BCUT2D eigenvalue weighted by Crippen LogP contribution is -2.38. The molecule has 0 aliphatic carbocycles. The molecule has 2 heterocycles. The third-order valence-electron chi connectivity index (χ3n) is 3.94. The molecular formula is C16H19N3O2S. The normalized spacial score (nSPS) is 20.5. The van der Waals surface area contributed by atoms with Crippen molar-refractivity contribution in [2.75, 3.05) is 13.1 Å². The van der Waals surface area contributed by atoms with Crippen molar-refractivity contribution < 1.29 is 8.42 Å². The minimum absolute atomic E-state index is 0.191. The third-order valence-corrected chi connectivity index (χ3v) is 5.47. The van der Waals surface area contributed by atoms with Gasteiger partial charge in [0.2, 0.25) is 10.0 Å². The Morgan fingerprint density at radius 3 is 2.77 bits per heavy atom. The zero-order chi connectivity index (χ0) is 15.4. The zero-order valence-corrected chi connectivity index (χ0v) is 13.0. The van der Waals surface area contributed by atoms with Gasteiger partial charge in [0.1, 0.15) is 0 Å². The Hall–Kier alpha value is -1.92. The molecule has 1 aromatic carbocycles. The first-order valence-corrected chi connectivity index (χ1v) is 8.88. The van der Waals surface area contributed by atoms with Crippen LogP contribution in [0.2, 0.25) is 0 Å². The first kappa shape index (κ1) is 15.0. The second-order valence-corrected chi connectivity index (χ2v) is 7.29. The van der Waals surface area contributed by atoms with Crippen LogP contribution in [0.15, 0.2) is 48.0 Å². The van der Waals surface area contributed by atoms with Gasteiger partial charge in [-0.3, -0.25) is 5.10 Å². The van der Waals surface area contributed by atoms with Gasteiger partial charge < -0.3 is 0 Å². The second-order valence-electron chi connectivity index (χ2n) is 5.47. The molecular weight excluding hydrogens is 298 g/mol. The standard InChI is InChI=1S/C16H19N3O2S/c20-22(21,12-9-14-5-2-1-3-6-14)19-11-4-7-15(13-19)16-8-10-17-18-16/h1-3,5-6,8-10,12,15H,4,7,11,13H2,(H,17,18). The van der Waals surface area contributed by atoms with Gasteiger partial charge in [0, 0.05) is 36.3 Å². The van der Waals surface area contributed by atoms with Crippen LogP contribution in [-0.4, -0.2) is 36.0 Å². The average molecular weight is 317 g/mol. The maximum absolute atomic E-state index is 12.5. The number of hydrogen-bond donors (Lipinski definition) is 1. The molecule has 0 spiro atoms. The van der Waals surface area contributed by atoms with Crippen molar-refractivity contribution in [3.63, 3.8) is 0 Å². The van der Waals surface area contributed by atoms with Gasteiger partial charge in [-0.25, -0.2) is 8.42 Å². The highest BCUT2D eigenvalue weighted by Gasteiger charge is 2.28. The van der Waals surface area contributed by atoms with Gasteiger partial charge in [-0.2, -0.15) is 9.40 Å². The van der Waals surface area contributed by atoms with Crippen molar-refractivity contribution in [1.29, 1.82) is 0 Å². The molecule has 1 fully saturated rings. The van der Waals surface area contributed by atoms with Crippen molar-refractivity contribution in [1.82, 2.24) is 14.5 Å². The fraction of sp³-hybridized carbons (Fsp3) is 0.312. The van der Waals surface area contributed by atoms with Crippen LogP contribution in [0.1, 0.15) is 30.0 Å². The van der Waals surface area contributed by atoms with Crippen LogP contribution < -0.4 is 0 Å². The largest absolute Gasteiger partial charge is 0.282 e. The Balaban J connectivity index is 1.73. The van der Waals surface area contributed by atoms with Crippen molar-refractivity contribution in [3.05, 3.63) is 59.3 Å². The number of aromatic amines is 1. The van der Waals surface area contributed by atoms with E-state index >= 15 is 0 Å². The molecule has 3 rings (SSSR count). The van der Waals surface area contributed by atoms with Crippen LogP contribution >= 0.6 is 0 Å². The lowest BCUT2D eigenvalue weighted by Gasteiger charge is -2.30. The van der Waals surface area contributed by atoms with E-state index in [9.17, 15) is 8.42 Å². The molecule has 116 valence electrons. The Kier molecular flexibility index (Phi) is 4.40. The highest BCUT2D eigenvalue weighted by atomic mass is 32.2. The Morgan fingerprint density at radius 2 is 2.05 bits per heavy atom. The molecule has 1 aromatic heterocycles. The molecule has 22 heavy (non-hydrogen) atoms. The summed E-state index contributed by atoms with van der Waals surface area (Å²) >= 11 is 0. The molecule has 1 saturated heterocycles. The number of piperidine rings is 1. The summed E-state index contributed by atoms with van der Waals surface area (Å²) in [6, 6.07) is 11.4. The van der Waals surface area contributed by atoms with E-state index in [2.05, 4.69) is 10.2 Å². The predicted molar refractivity (Wildman–Crippen MR) is 86.5 cm³/mol. The van der Waals surface area contributed by atoms with Crippen LogP contribution in [0, 0.1) is 0 Å². The number of hydrogen-bond acceptors (Lipinski definition) is 3. The number of nitrogens with one attached hydrogen (secondary N) is 1. The summed E-state index contributed by atoms with van der Waals surface area (Å²) in [7, 11) is -3.39. The molecule has 1 N–H and O–H groups in total. The molecule has 0 saturated carbocycles. The monoisotopic (exact) mass is 317 g/mol. The third kappa shape index (κ3) is 3.45. The van der Waals surface area contributed by atoms with Gasteiger partial charge in [0.05, 0.1) is 0 Å². The quantitative estimate of drug-likeness (QED) is 0.942. The first-order chi connectivity index (χ1) is 10.6. The minimum atomic E-state index is -3.39. The summed E-state index contributed by atoms with van der Waals surface area (Å²) in [6.07, 6.45) is 5.20.